The van der Waals surface area contributed by atoms with E-state index >= 15 is 0 Å². The van der Waals surface area contributed by atoms with Crippen LogP contribution in [0.4, 0.5) is 17.2 Å². The van der Waals surface area contributed by atoms with Gasteiger partial charge < -0.3 is 16.0 Å². The van der Waals surface area contributed by atoms with Crippen LogP contribution in [0.25, 0.3) is 0 Å². The number of aromatic amines is 1. The molecule has 0 radical (unpaired) electrons. The van der Waals surface area contributed by atoms with Crippen molar-refractivity contribution in [3.05, 3.63) is 73.1 Å². The van der Waals surface area contributed by atoms with Crippen LogP contribution in [0.15, 0.2) is 51.4 Å². The Morgan fingerprint density at radius 2 is 1.88 bits per heavy atom. The summed E-state index contributed by atoms with van der Waals surface area (Å²) in [5, 5.41) is 4.61. The quantitative estimate of drug-likeness (QED) is 0.429. The van der Waals surface area contributed by atoms with Gasteiger partial charge in [0.15, 0.2) is 5.69 Å². The first kappa shape index (κ1) is 25.0. The number of carbonyl (C=O) groups is 2. The molecule has 0 atom stereocenters. The van der Waals surface area contributed by atoms with Crippen LogP contribution >= 0.6 is 11.3 Å². The highest BCUT2D eigenvalue weighted by molar-refractivity contribution is 7.12. The third kappa shape index (κ3) is 5.63. The zero-order valence-electron chi connectivity index (χ0n) is 19.5. The molecule has 34 heavy (non-hydrogen) atoms. The predicted molar refractivity (Wildman–Crippen MR) is 136 cm³/mol. The second-order valence-electron chi connectivity index (χ2n) is 8.32. The molecule has 3 rings (SSSR count). The molecule has 0 saturated carbocycles. The van der Waals surface area contributed by atoms with Gasteiger partial charge in [-0.1, -0.05) is 33.3 Å². The molecule has 1 aromatic carbocycles. The Morgan fingerprint density at radius 3 is 2.47 bits per heavy atom. The van der Waals surface area contributed by atoms with E-state index in [1.54, 1.807) is 36.4 Å². The molecule has 0 bridgehead atoms. The van der Waals surface area contributed by atoms with Crippen molar-refractivity contribution >= 4 is 40.3 Å². The van der Waals surface area contributed by atoms with Crippen LogP contribution in [0.1, 0.15) is 53.6 Å². The van der Waals surface area contributed by atoms with Gasteiger partial charge in [-0.15, -0.1) is 11.3 Å². The topological polar surface area (TPSA) is 130 Å². The zero-order valence-corrected chi connectivity index (χ0v) is 20.3. The molecule has 2 amide bonds. The highest BCUT2D eigenvalue weighted by Gasteiger charge is 2.26. The number of nitrogen functional groups attached to an aromatic ring is 1. The fraction of sp³-hybridized carbons (Fsp3) is 0.333. The number of amides is 2. The van der Waals surface area contributed by atoms with Crippen molar-refractivity contribution in [2.75, 3.05) is 22.5 Å². The Labute approximate surface area is 201 Å². The number of unbranched alkanes of at least 4 members (excludes halogenated alkanes) is 1. The average Bonchev–Trinajstić information content (AvgIpc) is 3.33. The van der Waals surface area contributed by atoms with Gasteiger partial charge in [0.25, 0.3) is 17.4 Å². The van der Waals surface area contributed by atoms with E-state index in [0.29, 0.717) is 29.1 Å². The number of H-pyrrole nitrogens is 1. The molecule has 3 aromatic rings. The first-order valence-electron chi connectivity index (χ1n) is 11.1. The summed E-state index contributed by atoms with van der Waals surface area (Å²) in [5.74, 6) is -0.661. The fourth-order valence-corrected chi connectivity index (χ4v) is 4.09. The molecular formula is C24H29N5O4S. The largest absolute Gasteiger partial charge is 0.383 e. The number of benzene rings is 1. The molecule has 0 unspecified atom stereocenters. The first-order chi connectivity index (χ1) is 16.2. The minimum Gasteiger partial charge on any atom is -0.383 e. The van der Waals surface area contributed by atoms with Gasteiger partial charge in [-0.05, 0) is 48.1 Å². The molecular weight excluding hydrogens is 454 g/mol. The maximum atomic E-state index is 13.5. The van der Waals surface area contributed by atoms with Crippen molar-refractivity contribution in [1.29, 1.82) is 0 Å². The SMILES string of the molecule is CCCCn1c(N)c(N(CC(C)C)C(=O)c2ccc(NC(=O)c3cccs3)cc2)c(=O)[nH]c1=O. The molecule has 180 valence electrons. The second kappa shape index (κ2) is 11.0. The van der Waals surface area contributed by atoms with Crippen LogP contribution in [-0.2, 0) is 6.54 Å². The van der Waals surface area contributed by atoms with Gasteiger partial charge in [-0.25, -0.2) is 4.79 Å². The van der Waals surface area contributed by atoms with E-state index in [4.69, 9.17) is 5.73 Å². The van der Waals surface area contributed by atoms with Crippen molar-refractivity contribution < 1.29 is 9.59 Å². The van der Waals surface area contributed by atoms with Crippen molar-refractivity contribution in [2.24, 2.45) is 5.92 Å². The van der Waals surface area contributed by atoms with Gasteiger partial charge in [0.05, 0.1) is 4.88 Å². The Kier molecular flexibility index (Phi) is 8.06. The third-order valence-corrected chi connectivity index (χ3v) is 6.02. The minimum absolute atomic E-state index is 0.0307. The van der Waals surface area contributed by atoms with E-state index in [1.165, 1.54) is 20.8 Å². The smallest absolute Gasteiger partial charge is 0.330 e. The number of thiophene rings is 1. The van der Waals surface area contributed by atoms with Crippen LogP contribution in [0.3, 0.4) is 0 Å². The lowest BCUT2D eigenvalue weighted by atomic mass is 10.1. The number of carbonyl (C=O) groups excluding carboxylic acids is 2. The lowest BCUT2D eigenvalue weighted by Crippen LogP contribution is -2.42. The number of nitrogens with one attached hydrogen (secondary N) is 2. The second-order valence-corrected chi connectivity index (χ2v) is 9.26. The van der Waals surface area contributed by atoms with Gasteiger partial charge >= 0.3 is 5.69 Å². The molecule has 2 aromatic heterocycles. The van der Waals surface area contributed by atoms with E-state index < -0.39 is 17.2 Å². The Hall–Kier alpha value is -3.66. The van der Waals surface area contributed by atoms with Crippen LogP contribution in [0.2, 0.25) is 0 Å². The molecule has 2 heterocycles. The fourth-order valence-electron chi connectivity index (χ4n) is 3.47. The maximum Gasteiger partial charge on any atom is 0.330 e. The van der Waals surface area contributed by atoms with Crippen LogP contribution in [-0.4, -0.2) is 27.9 Å². The molecule has 0 saturated heterocycles. The van der Waals surface area contributed by atoms with Crippen LogP contribution < -0.4 is 27.2 Å². The zero-order chi connectivity index (χ0) is 24.8. The minimum atomic E-state index is -0.705. The molecule has 0 fully saturated rings. The lowest BCUT2D eigenvalue weighted by molar-refractivity contribution is 0.0982. The summed E-state index contributed by atoms with van der Waals surface area (Å²) < 4.78 is 1.30. The Morgan fingerprint density at radius 1 is 1.18 bits per heavy atom. The molecule has 0 aliphatic carbocycles. The summed E-state index contributed by atoms with van der Waals surface area (Å²) in [5.41, 5.74) is 5.77. The molecule has 9 nitrogen and oxygen atoms in total. The lowest BCUT2D eigenvalue weighted by Gasteiger charge is -2.26. The maximum absolute atomic E-state index is 13.5. The van der Waals surface area contributed by atoms with E-state index in [9.17, 15) is 19.2 Å². The molecule has 0 aliphatic rings. The Balaban J connectivity index is 1.93. The number of nitrogens with two attached hydrogens (primary N) is 1. The van der Waals surface area contributed by atoms with Crippen molar-refractivity contribution in [2.45, 2.75) is 40.2 Å². The first-order valence-corrected chi connectivity index (χ1v) is 12.0. The number of anilines is 3. The number of nitrogens with zero attached hydrogens (tertiary/aromatic N) is 2. The Bertz CT molecular complexity index is 1260. The van der Waals surface area contributed by atoms with Crippen molar-refractivity contribution in [3.8, 4) is 0 Å². The highest BCUT2D eigenvalue weighted by Crippen LogP contribution is 2.22. The predicted octanol–water partition coefficient (Wildman–Crippen LogP) is 3.54. The normalized spacial score (nSPS) is 10.9. The number of rotatable bonds is 9. The highest BCUT2D eigenvalue weighted by atomic mass is 32.1. The summed E-state index contributed by atoms with van der Waals surface area (Å²) in [7, 11) is 0. The van der Waals surface area contributed by atoms with E-state index in [2.05, 4.69) is 10.3 Å². The third-order valence-electron chi connectivity index (χ3n) is 5.15. The number of hydrogen-bond acceptors (Lipinski definition) is 6. The molecule has 10 heteroatoms. The number of hydrogen-bond donors (Lipinski definition) is 3. The summed E-state index contributed by atoms with van der Waals surface area (Å²) in [6, 6.07) is 9.94. The van der Waals surface area contributed by atoms with Gasteiger partial charge in [0.1, 0.15) is 5.82 Å². The van der Waals surface area contributed by atoms with Gasteiger partial charge in [-0.2, -0.15) is 0 Å². The molecule has 0 spiro atoms. The van der Waals surface area contributed by atoms with E-state index in [1.807, 2.05) is 26.2 Å². The van der Waals surface area contributed by atoms with E-state index in [-0.39, 0.29) is 29.9 Å². The van der Waals surface area contributed by atoms with Gasteiger partial charge in [-0.3, -0.25) is 23.9 Å². The summed E-state index contributed by atoms with van der Waals surface area (Å²) in [6.45, 7) is 6.39. The van der Waals surface area contributed by atoms with E-state index in [0.717, 1.165) is 6.42 Å². The van der Waals surface area contributed by atoms with Crippen LogP contribution in [0.5, 0.6) is 0 Å². The average molecular weight is 484 g/mol. The van der Waals surface area contributed by atoms with Crippen molar-refractivity contribution in [1.82, 2.24) is 9.55 Å². The summed E-state index contributed by atoms with van der Waals surface area (Å²) in [6.07, 6.45) is 1.54. The van der Waals surface area contributed by atoms with Crippen molar-refractivity contribution in [3.63, 3.8) is 0 Å². The summed E-state index contributed by atoms with van der Waals surface area (Å²) >= 11 is 1.33. The standard InChI is InChI=1S/C24H29N5O4S/c1-4-5-12-28-20(25)19(22(31)27-24(28)33)29(14-15(2)3)23(32)16-8-10-17(11-9-16)26-21(30)18-7-6-13-34-18/h6-11,13,15H,4-5,12,14,25H2,1-3H3,(H,26,30)(H,27,31,33). The van der Waals surface area contributed by atoms with Gasteiger partial charge in [0.2, 0.25) is 0 Å². The monoisotopic (exact) mass is 483 g/mol. The summed E-state index contributed by atoms with van der Waals surface area (Å²) in [4.78, 5) is 55.0. The molecule has 0 aliphatic heterocycles. The number of aromatic nitrogens is 2. The van der Waals surface area contributed by atoms with Gasteiger partial charge in [0, 0.05) is 24.3 Å². The van der Waals surface area contributed by atoms with Crippen LogP contribution in [0, 0.1) is 5.92 Å². The molecule has 4 N–H and O–H groups in total.